The predicted octanol–water partition coefficient (Wildman–Crippen LogP) is 0.153. The summed E-state index contributed by atoms with van der Waals surface area (Å²) >= 11 is 1.16. The number of esters is 1. The highest BCUT2D eigenvalue weighted by Crippen LogP contribution is 2.42. The van der Waals surface area contributed by atoms with E-state index in [0.717, 1.165) is 21.7 Å². The Morgan fingerprint density at radius 1 is 1.19 bits per heavy atom. The van der Waals surface area contributed by atoms with Gasteiger partial charge in [0, 0.05) is 18.7 Å². The number of para-hydroxylation sites is 1. The van der Waals surface area contributed by atoms with Crippen molar-refractivity contribution in [2.45, 2.75) is 28.3 Å². The number of aromatic nitrogens is 5. The van der Waals surface area contributed by atoms with Crippen LogP contribution in [-0.2, 0) is 34.3 Å². The topological polar surface area (TPSA) is 252 Å². The number of hydrogen-bond donors (Lipinski definition) is 4. The van der Waals surface area contributed by atoms with Gasteiger partial charge in [-0.2, -0.15) is 17.5 Å². The number of sulfonamides is 2. The van der Waals surface area contributed by atoms with Crippen LogP contribution in [0.25, 0.3) is 32.7 Å². The lowest BCUT2D eigenvalue weighted by Crippen LogP contribution is -2.54. The summed E-state index contributed by atoms with van der Waals surface area (Å²) in [5, 5.41) is 19.0. The minimum absolute atomic E-state index is 0.137. The first-order chi connectivity index (χ1) is 20.1. The van der Waals surface area contributed by atoms with Crippen molar-refractivity contribution in [3.63, 3.8) is 0 Å². The molecule has 230 valence electrons. The van der Waals surface area contributed by atoms with Gasteiger partial charge in [-0.3, -0.25) is 5.73 Å². The Bertz CT molecular complexity index is 1920. The summed E-state index contributed by atoms with van der Waals surface area (Å²) in [6.45, 7) is -1.44. The Balaban J connectivity index is 1.64. The second-order valence-electron chi connectivity index (χ2n) is 8.95. The monoisotopic (exact) mass is 663 g/mol. The number of nitrogens with one attached hydrogen (secondary N) is 1. The van der Waals surface area contributed by atoms with Crippen LogP contribution in [0.15, 0.2) is 40.1 Å². The molecule has 5 rings (SSSR count). The summed E-state index contributed by atoms with van der Waals surface area (Å²) in [6.07, 6.45) is -8.89. The number of primary sulfonamides is 1. The SMILES string of the molecule is Nc1nc2c(-c3ccc(S(=O)(=O)N4CCOC(C(N)OC(=O)C(F)(F)F)C4)c(S(N)(=O)=O)c3-c3nnn[nH]3)cccc2s1. The average molecular weight is 664 g/mol. The van der Waals surface area contributed by atoms with E-state index in [4.69, 9.17) is 21.3 Å². The molecule has 16 nitrogen and oxygen atoms in total. The number of morpholine rings is 1. The summed E-state index contributed by atoms with van der Waals surface area (Å²) in [6, 6.07) is 7.29. The fourth-order valence-electron chi connectivity index (χ4n) is 4.43. The molecule has 1 aliphatic heterocycles. The quantitative estimate of drug-likeness (QED) is 0.152. The van der Waals surface area contributed by atoms with Crippen molar-refractivity contribution in [3.05, 3.63) is 30.3 Å². The number of thiazole rings is 1. The van der Waals surface area contributed by atoms with Gasteiger partial charge in [-0.1, -0.05) is 29.5 Å². The molecular weight excluding hydrogens is 643 g/mol. The number of carbonyl (C=O) groups is 1. The minimum atomic E-state index is -5.36. The number of anilines is 1. The highest BCUT2D eigenvalue weighted by atomic mass is 32.2. The Morgan fingerprint density at radius 3 is 2.58 bits per heavy atom. The zero-order valence-electron chi connectivity index (χ0n) is 21.3. The molecule has 2 atom stereocenters. The van der Waals surface area contributed by atoms with Crippen molar-refractivity contribution in [3.8, 4) is 22.5 Å². The lowest BCUT2D eigenvalue weighted by molar-refractivity contribution is -0.211. The molecule has 7 N–H and O–H groups in total. The third-order valence-corrected chi connectivity index (χ3v) is 10.1. The number of nitrogen functional groups attached to an aromatic ring is 1. The molecule has 1 aliphatic rings. The van der Waals surface area contributed by atoms with Crippen LogP contribution in [-0.4, -0.2) is 90.9 Å². The van der Waals surface area contributed by atoms with Gasteiger partial charge in [0.05, 0.1) is 22.4 Å². The van der Waals surface area contributed by atoms with Crippen LogP contribution < -0.4 is 16.6 Å². The molecule has 3 heterocycles. The second-order valence-corrected chi connectivity index (χ2v) is 13.4. The maximum absolute atomic E-state index is 13.9. The molecule has 2 unspecified atom stereocenters. The van der Waals surface area contributed by atoms with Crippen LogP contribution >= 0.6 is 11.3 Å². The van der Waals surface area contributed by atoms with Gasteiger partial charge in [-0.25, -0.2) is 36.9 Å². The number of nitrogens with zero attached hydrogens (tertiary/aromatic N) is 5. The van der Waals surface area contributed by atoms with Gasteiger partial charge in [-0.05, 0) is 28.1 Å². The van der Waals surface area contributed by atoms with Gasteiger partial charge >= 0.3 is 12.1 Å². The van der Waals surface area contributed by atoms with Crippen molar-refractivity contribution in [1.29, 1.82) is 0 Å². The molecular formula is C21H20F3N9O7S3. The lowest BCUT2D eigenvalue weighted by Gasteiger charge is -2.34. The van der Waals surface area contributed by atoms with E-state index in [-0.39, 0.29) is 35.2 Å². The average Bonchev–Trinajstić information content (AvgIpc) is 3.60. The third kappa shape index (κ3) is 5.89. The molecule has 0 saturated carbocycles. The molecule has 0 spiro atoms. The summed E-state index contributed by atoms with van der Waals surface area (Å²) < 4.78 is 103. The zero-order valence-corrected chi connectivity index (χ0v) is 23.8. The standard InChI is InChI=1S/C21H20F3N9O7S3/c22-21(23,24)19(34)40-17(25)11-8-33(6-7-39-11)43(37,38)13-5-4-9(10-2-1-3-12-15(10)28-20(26)41-12)14(16(13)42(27,35)36)18-29-31-32-30-18/h1-5,11,17H,6-8,25H2,(H2,26,28)(H2,27,35,36)(H,29,30,31,32). The van der Waals surface area contributed by atoms with Crippen molar-refractivity contribution in [2.75, 3.05) is 25.4 Å². The third-order valence-electron chi connectivity index (χ3n) is 6.23. The number of rotatable bonds is 7. The largest absolute Gasteiger partial charge is 0.490 e. The Morgan fingerprint density at radius 2 is 1.93 bits per heavy atom. The van der Waals surface area contributed by atoms with Crippen LogP contribution in [0.4, 0.5) is 18.3 Å². The number of nitrogens with two attached hydrogens (primary N) is 3. The van der Waals surface area contributed by atoms with Crippen LogP contribution in [0.5, 0.6) is 0 Å². The fourth-order valence-corrected chi connectivity index (χ4v) is 8.21. The predicted molar refractivity (Wildman–Crippen MR) is 143 cm³/mol. The van der Waals surface area contributed by atoms with Gasteiger partial charge in [0.15, 0.2) is 17.2 Å². The summed E-state index contributed by atoms with van der Waals surface area (Å²) in [5.74, 6) is -2.85. The van der Waals surface area contributed by atoms with Crippen molar-refractivity contribution in [1.82, 2.24) is 29.9 Å². The molecule has 1 fully saturated rings. The lowest BCUT2D eigenvalue weighted by atomic mass is 9.98. The number of halogens is 3. The number of hydrogen-bond acceptors (Lipinski definition) is 14. The van der Waals surface area contributed by atoms with E-state index in [1.54, 1.807) is 18.2 Å². The smallest absolute Gasteiger partial charge is 0.437 e. The number of alkyl halides is 3. The van der Waals surface area contributed by atoms with Crippen molar-refractivity contribution < 1.29 is 44.3 Å². The van der Waals surface area contributed by atoms with Crippen LogP contribution in [0.2, 0.25) is 0 Å². The zero-order chi connectivity index (χ0) is 31.3. The van der Waals surface area contributed by atoms with Gasteiger partial charge in [-0.15, -0.1) is 5.10 Å². The van der Waals surface area contributed by atoms with Gasteiger partial charge < -0.3 is 15.2 Å². The Kier molecular flexibility index (Phi) is 7.87. The molecule has 4 aromatic rings. The number of fused-ring (bicyclic) bond motifs is 1. The van der Waals surface area contributed by atoms with E-state index in [1.165, 1.54) is 6.07 Å². The fraction of sp³-hybridized carbons (Fsp3) is 0.286. The minimum Gasteiger partial charge on any atom is -0.437 e. The van der Waals surface area contributed by atoms with Gasteiger partial charge in [0.25, 0.3) is 0 Å². The number of benzene rings is 2. The first-order valence-corrected chi connectivity index (χ1v) is 15.6. The number of tetrazole rings is 1. The number of aromatic amines is 1. The maximum atomic E-state index is 13.9. The van der Waals surface area contributed by atoms with E-state index < -0.39 is 60.9 Å². The van der Waals surface area contributed by atoms with Gasteiger partial charge in [0.2, 0.25) is 20.0 Å². The summed E-state index contributed by atoms with van der Waals surface area (Å²) in [5.41, 5.74) is 12.0. The molecule has 0 radical (unpaired) electrons. The number of ether oxygens (including phenoxy) is 2. The molecule has 0 bridgehead atoms. The van der Waals surface area contributed by atoms with E-state index in [1.807, 2.05) is 0 Å². The maximum Gasteiger partial charge on any atom is 0.490 e. The molecule has 2 aromatic heterocycles. The number of H-pyrrole nitrogens is 1. The first kappa shape index (κ1) is 30.7. The summed E-state index contributed by atoms with van der Waals surface area (Å²) in [7, 11) is -9.66. The van der Waals surface area contributed by atoms with Crippen LogP contribution in [0.3, 0.4) is 0 Å². The highest BCUT2D eigenvalue weighted by molar-refractivity contribution is 7.92. The van der Waals surface area contributed by atoms with Gasteiger partial charge in [0.1, 0.15) is 15.9 Å². The Hall–Kier alpha value is -3.80. The second kappa shape index (κ2) is 11.0. The molecule has 0 amide bonds. The first-order valence-electron chi connectivity index (χ1n) is 11.8. The van der Waals surface area contributed by atoms with E-state index in [9.17, 15) is 34.8 Å². The summed E-state index contributed by atoms with van der Waals surface area (Å²) in [4.78, 5) is 13.9. The van der Waals surface area contributed by atoms with Crippen LogP contribution in [0, 0.1) is 0 Å². The van der Waals surface area contributed by atoms with E-state index >= 15 is 0 Å². The Labute approximate surface area is 244 Å². The molecule has 1 saturated heterocycles. The highest BCUT2D eigenvalue weighted by Gasteiger charge is 2.44. The van der Waals surface area contributed by atoms with E-state index in [0.29, 0.717) is 15.8 Å². The van der Waals surface area contributed by atoms with Crippen molar-refractivity contribution >= 4 is 52.7 Å². The molecule has 22 heteroatoms. The normalized spacial score (nSPS) is 17.7. The van der Waals surface area contributed by atoms with E-state index in [2.05, 4.69) is 30.3 Å². The molecule has 0 aliphatic carbocycles. The number of carbonyl (C=O) groups excluding carboxylic acids is 1. The molecule has 2 aromatic carbocycles. The van der Waals surface area contributed by atoms with Crippen LogP contribution in [0.1, 0.15) is 0 Å². The van der Waals surface area contributed by atoms with Crippen molar-refractivity contribution in [2.24, 2.45) is 10.9 Å². The molecule has 43 heavy (non-hydrogen) atoms.